The molecule has 0 radical (unpaired) electrons. The Bertz CT molecular complexity index is 1010. The molecule has 0 aliphatic heterocycles. The first-order chi connectivity index (χ1) is 14.4. The third kappa shape index (κ3) is 6.11. The second-order valence-electron chi connectivity index (χ2n) is 6.45. The molecule has 0 saturated heterocycles. The molecule has 0 fully saturated rings. The van der Waals surface area contributed by atoms with Gasteiger partial charge in [0.05, 0.1) is 13.7 Å². The molecule has 30 heavy (non-hydrogen) atoms. The van der Waals surface area contributed by atoms with E-state index in [2.05, 4.69) is 10.1 Å². The highest BCUT2D eigenvalue weighted by atomic mass is 16.6. The fraction of sp³-hybridized carbons (Fsp3) is 0.261. The van der Waals surface area contributed by atoms with Gasteiger partial charge in [0.15, 0.2) is 18.1 Å². The minimum atomic E-state index is -0.517. The minimum Gasteiger partial charge on any atom is -0.490 e. The van der Waals surface area contributed by atoms with Gasteiger partial charge in [-0.2, -0.15) is 5.26 Å². The second kappa shape index (κ2) is 10.7. The average Bonchev–Trinajstić information content (AvgIpc) is 2.73. The number of hydrogen-bond acceptors (Lipinski definition) is 6. The van der Waals surface area contributed by atoms with E-state index in [0.29, 0.717) is 29.4 Å². The van der Waals surface area contributed by atoms with E-state index < -0.39 is 11.9 Å². The van der Waals surface area contributed by atoms with Crippen LogP contribution < -0.4 is 14.8 Å². The Morgan fingerprint density at radius 2 is 1.87 bits per heavy atom. The first-order valence-electron chi connectivity index (χ1n) is 9.34. The number of ether oxygens (including phenoxy) is 3. The second-order valence-corrected chi connectivity index (χ2v) is 6.45. The average molecular weight is 408 g/mol. The van der Waals surface area contributed by atoms with Crippen molar-refractivity contribution in [3.05, 3.63) is 58.7 Å². The number of methoxy groups -OCH3 is 1. The van der Waals surface area contributed by atoms with Crippen molar-refractivity contribution in [1.82, 2.24) is 0 Å². The molecular weight excluding hydrogens is 384 g/mol. The lowest BCUT2D eigenvalue weighted by molar-refractivity contribution is -0.142. The molecular formula is C23H24N2O5. The zero-order valence-electron chi connectivity index (χ0n) is 17.4. The molecule has 1 N–H and O–H groups in total. The van der Waals surface area contributed by atoms with Crippen molar-refractivity contribution >= 4 is 23.6 Å². The largest absolute Gasteiger partial charge is 0.490 e. The van der Waals surface area contributed by atoms with Crippen LogP contribution in [0.15, 0.2) is 42.0 Å². The standard InChI is InChI=1S/C23H24N2O5/c1-5-29-21-12-17(8-9-20(21)30-14-22(26)28-4)11-18(13-24)23(27)25-19-10-15(2)6-7-16(19)3/h6-12H,5,14H2,1-4H3,(H,25,27)/b18-11+. The van der Waals surface area contributed by atoms with Gasteiger partial charge in [0.1, 0.15) is 11.6 Å². The summed E-state index contributed by atoms with van der Waals surface area (Å²) in [5.74, 6) is -0.272. The van der Waals surface area contributed by atoms with E-state index in [1.165, 1.54) is 13.2 Å². The van der Waals surface area contributed by atoms with E-state index in [1.807, 2.05) is 45.0 Å². The van der Waals surface area contributed by atoms with E-state index in [4.69, 9.17) is 9.47 Å². The van der Waals surface area contributed by atoms with Crippen LogP contribution in [0.3, 0.4) is 0 Å². The minimum absolute atomic E-state index is 0.0541. The smallest absolute Gasteiger partial charge is 0.343 e. The van der Waals surface area contributed by atoms with Crippen molar-refractivity contribution in [2.24, 2.45) is 0 Å². The summed E-state index contributed by atoms with van der Waals surface area (Å²) < 4.78 is 15.5. The molecule has 156 valence electrons. The molecule has 2 aromatic rings. The molecule has 0 spiro atoms. The van der Waals surface area contributed by atoms with Gasteiger partial charge in [-0.15, -0.1) is 0 Å². The van der Waals surface area contributed by atoms with Crippen LogP contribution in [-0.4, -0.2) is 32.2 Å². The molecule has 0 saturated carbocycles. The molecule has 0 heterocycles. The van der Waals surface area contributed by atoms with E-state index in [-0.39, 0.29) is 12.2 Å². The van der Waals surface area contributed by atoms with Gasteiger partial charge >= 0.3 is 5.97 Å². The van der Waals surface area contributed by atoms with Gasteiger partial charge in [0.25, 0.3) is 5.91 Å². The maximum absolute atomic E-state index is 12.6. The lowest BCUT2D eigenvalue weighted by Crippen LogP contribution is -2.14. The van der Waals surface area contributed by atoms with Gasteiger partial charge in [-0.1, -0.05) is 18.2 Å². The molecule has 2 rings (SSSR count). The maximum Gasteiger partial charge on any atom is 0.343 e. The monoisotopic (exact) mass is 408 g/mol. The SMILES string of the molecule is CCOc1cc(/C=C(\C#N)C(=O)Nc2cc(C)ccc2C)ccc1OCC(=O)OC. The number of nitrogens with one attached hydrogen (secondary N) is 1. The molecule has 0 atom stereocenters. The molecule has 7 heteroatoms. The number of aryl methyl sites for hydroxylation is 2. The van der Waals surface area contributed by atoms with Crippen molar-refractivity contribution in [1.29, 1.82) is 5.26 Å². The van der Waals surface area contributed by atoms with Crippen molar-refractivity contribution < 1.29 is 23.8 Å². The van der Waals surface area contributed by atoms with Gasteiger partial charge in [-0.3, -0.25) is 4.79 Å². The Morgan fingerprint density at radius 1 is 1.10 bits per heavy atom. The first-order valence-corrected chi connectivity index (χ1v) is 9.34. The summed E-state index contributed by atoms with van der Waals surface area (Å²) >= 11 is 0. The van der Waals surface area contributed by atoms with Crippen LogP contribution >= 0.6 is 0 Å². The molecule has 2 aromatic carbocycles. The third-order valence-electron chi connectivity index (χ3n) is 4.16. The highest BCUT2D eigenvalue weighted by molar-refractivity contribution is 6.10. The summed E-state index contributed by atoms with van der Waals surface area (Å²) in [5.41, 5.74) is 3.08. The Hall–Kier alpha value is -3.79. The van der Waals surface area contributed by atoms with Crippen LogP contribution in [0.2, 0.25) is 0 Å². The first kappa shape index (κ1) is 22.5. The highest BCUT2D eigenvalue weighted by Crippen LogP contribution is 2.29. The van der Waals surface area contributed by atoms with Crippen molar-refractivity contribution in [2.45, 2.75) is 20.8 Å². The number of carbonyl (C=O) groups is 2. The van der Waals surface area contributed by atoms with E-state index in [1.54, 1.807) is 18.2 Å². The lowest BCUT2D eigenvalue weighted by Gasteiger charge is -2.12. The van der Waals surface area contributed by atoms with Crippen LogP contribution in [0.4, 0.5) is 5.69 Å². The van der Waals surface area contributed by atoms with Crippen LogP contribution in [0, 0.1) is 25.2 Å². The number of benzene rings is 2. The molecule has 0 aromatic heterocycles. The molecule has 0 aliphatic carbocycles. The molecule has 0 bridgehead atoms. The molecule has 0 aliphatic rings. The van der Waals surface area contributed by atoms with Gasteiger partial charge in [-0.25, -0.2) is 4.79 Å². The van der Waals surface area contributed by atoms with Crippen LogP contribution in [-0.2, 0) is 14.3 Å². The summed E-state index contributed by atoms with van der Waals surface area (Å²) in [4.78, 5) is 23.9. The number of hydrogen-bond donors (Lipinski definition) is 1. The normalized spacial score (nSPS) is 10.7. The number of carbonyl (C=O) groups excluding carboxylic acids is 2. The summed E-state index contributed by atoms with van der Waals surface area (Å²) in [5, 5.41) is 12.2. The fourth-order valence-electron chi connectivity index (χ4n) is 2.57. The van der Waals surface area contributed by atoms with Crippen LogP contribution in [0.25, 0.3) is 6.08 Å². The molecule has 0 unspecified atom stereocenters. The van der Waals surface area contributed by atoms with Gasteiger partial charge < -0.3 is 19.5 Å². The number of nitriles is 1. The van der Waals surface area contributed by atoms with Crippen molar-refractivity contribution in [2.75, 3.05) is 25.6 Å². The van der Waals surface area contributed by atoms with Gasteiger partial charge in [0.2, 0.25) is 0 Å². The van der Waals surface area contributed by atoms with Gasteiger partial charge in [0, 0.05) is 5.69 Å². The summed E-state index contributed by atoms with van der Waals surface area (Å²) in [6.07, 6.45) is 1.47. The van der Waals surface area contributed by atoms with E-state index >= 15 is 0 Å². The summed E-state index contributed by atoms with van der Waals surface area (Å²) in [6, 6.07) is 12.5. The number of esters is 1. The lowest BCUT2D eigenvalue weighted by atomic mass is 10.1. The van der Waals surface area contributed by atoms with Crippen molar-refractivity contribution in [3.8, 4) is 17.6 Å². The van der Waals surface area contributed by atoms with E-state index in [0.717, 1.165) is 11.1 Å². The number of rotatable bonds is 8. The Labute approximate surface area is 175 Å². The Balaban J connectivity index is 2.26. The quantitative estimate of drug-likeness (QED) is 0.405. The maximum atomic E-state index is 12.6. The predicted molar refractivity (Wildman–Crippen MR) is 113 cm³/mol. The zero-order valence-corrected chi connectivity index (χ0v) is 17.4. The van der Waals surface area contributed by atoms with Crippen LogP contribution in [0.1, 0.15) is 23.6 Å². The number of nitrogens with zero attached hydrogens (tertiary/aromatic N) is 1. The van der Waals surface area contributed by atoms with Gasteiger partial charge in [-0.05, 0) is 61.7 Å². The highest BCUT2D eigenvalue weighted by Gasteiger charge is 2.13. The molecule has 7 nitrogen and oxygen atoms in total. The number of anilines is 1. The predicted octanol–water partition coefficient (Wildman–Crippen LogP) is 3.80. The number of amides is 1. The summed E-state index contributed by atoms with van der Waals surface area (Å²) in [6.45, 7) is 5.74. The fourth-order valence-corrected chi connectivity index (χ4v) is 2.57. The van der Waals surface area contributed by atoms with E-state index in [9.17, 15) is 14.9 Å². The summed E-state index contributed by atoms with van der Waals surface area (Å²) in [7, 11) is 1.27. The third-order valence-corrected chi connectivity index (χ3v) is 4.16. The van der Waals surface area contributed by atoms with Crippen molar-refractivity contribution in [3.63, 3.8) is 0 Å². The Morgan fingerprint density at radius 3 is 2.53 bits per heavy atom. The topological polar surface area (TPSA) is 97.6 Å². The zero-order chi connectivity index (χ0) is 22.1. The molecule has 1 amide bonds. The van der Waals surface area contributed by atoms with Crippen LogP contribution in [0.5, 0.6) is 11.5 Å². The Kier molecular flexibility index (Phi) is 8.00.